The van der Waals surface area contributed by atoms with Crippen molar-refractivity contribution in [2.75, 3.05) is 13.1 Å². The Labute approximate surface area is 101 Å². The van der Waals surface area contributed by atoms with Gasteiger partial charge in [0.05, 0.1) is 6.54 Å². The van der Waals surface area contributed by atoms with Crippen LogP contribution in [0.25, 0.3) is 0 Å². The summed E-state index contributed by atoms with van der Waals surface area (Å²) in [5, 5.41) is 3.30. The largest absolute Gasteiger partial charge is 0.334 e. The molecule has 0 bridgehead atoms. The molecule has 82 valence electrons. The van der Waals surface area contributed by atoms with Crippen molar-refractivity contribution in [1.82, 2.24) is 9.91 Å². The minimum atomic E-state index is -0.0780. The number of nitrogens with two attached hydrogens (primary N) is 1. The molecule has 2 amide bonds. The molecule has 0 spiro atoms. The Morgan fingerprint density at radius 3 is 3.00 bits per heavy atom. The van der Waals surface area contributed by atoms with Crippen LogP contribution in [0, 0.1) is 0 Å². The summed E-state index contributed by atoms with van der Waals surface area (Å²) in [5.41, 5.74) is 0. The Hall–Kier alpha value is -0.590. The van der Waals surface area contributed by atoms with Crippen molar-refractivity contribution in [3.05, 3.63) is 20.8 Å². The molecule has 15 heavy (non-hydrogen) atoms. The minimum absolute atomic E-state index is 0.0780. The number of carbonyl (C=O) groups is 1. The molecule has 6 heteroatoms. The third kappa shape index (κ3) is 2.50. The Morgan fingerprint density at radius 2 is 2.33 bits per heavy atom. The lowest BCUT2D eigenvalue weighted by atomic mass is 10.3. The molecule has 1 aromatic heterocycles. The smallest absolute Gasteiger partial charge is 0.318 e. The lowest BCUT2D eigenvalue weighted by Gasteiger charge is -2.32. The van der Waals surface area contributed by atoms with Gasteiger partial charge in [0.15, 0.2) is 0 Å². The van der Waals surface area contributed by atoms with Crippen molar-refractivity contribution in [3.8, 4) is 0 Å². The van der Waals surface area contributed by atoms with Gasteiger partial charge in [0, 0.05) is 27.8 Å². The summed E-state index contributed by atoms with van der Waals surface area (Å²) in [7, 11) is 0. The number of carbonyl (C=O) groups excluding carboxylic acids is 1. The fraction of sp³-hybridized carbons (Fsp3) is 0.444. The van der Waals surface area contributed by atoms with E-state index in [1.807, 2.05) is 11.4 Å². The number of hydrogen-bond donors (Lipinski definition) is 1. The summed E-state index contributed by atoms with van der Waals surface area (Å²) in [4.78, 5) is 14.6. The van der Waals surface area contributed by atoms with Crippen molar-refractivity contribution >= 4 is 33.3 Å². The molecule has 0 saturated carbocycles. The molecule has 1 aromatic rings. The summed E-state index contributed by atoms with van der Waals surface area (Å²) in [6, 6.07) is 1.96. The van der Waals surface area contributed by atoms with E-state index in [2.05, 4.69) is 15.9 Å². The zero-order chi connectivity index (χ0) is 10.8. The number of urea groups is 1. The van der Waals surface area contributed by atoms with Crippen LogP contribution in [0.4, 0.5) is 4.79 Å². The van der Waals surface area contributed by atoms with Gasteiger partial charge in [0.25, 0.3) is 0 Å². The van der Waals surface area contributed by atoms with Crippen LogP contribution in [-0.2, 0) is 6.54 Å². The van der Waals surface area contributed by atoms with Crippen LogP contribution >= 0.6 is 27.3 Å². The lowest BCUT2D eigenvalue weighted by molar-refractivity contribution is 0.127. The Balaban J connectivity index is 2.02. The predicted octanol–water partition coefficient (Wildman–Crippen LogP) is 2.01. The van der Waals surface area contributed by atoms with E-state index in [1.54, 1.807) is 16.2 Å². The number of rotatable bonds is 2. The molecule has 2 rings (SSSR count). The van der Waals surface area contributed by atoms with E-state index in [4.69, 9.17) is 5.84 Å². The van der Waals surface area contributed by atoms with E-state index in [-0.39, 0.29) is 6.03 Å². The molecule has 2 N–H and O–H groups in total. The first kappa shape index (κ1) is 10.9. The van der Waals surface area contributed by atoms with E-state index in [9.17, 15) is 4.79 Å². The Bertz CT molecular complexity index is 368. The normalized spacial score (nSPS) is 17.3. The second-order valence-corrected chi connectivity index (χ2v) is 5.39. The van der Waals surface area contributed by atoms with Crippen LogP contribution < -0.4 is 5.84 Å². The van der Waals surface area contributed by atoms with Crippen molar-refractivity contribution in [2.45, 2.75) is 13.0 Å². The zero-order valence-electron chi connectivity index (χ0n) is 8.15. The number of amides is 2. The highest BCUT2D eigenvalue weighted by Gasteiger charge is 2.23. The quantitative estimate of drug-likeness (QED) is 0.669. The van der Waals surface area contributed by atoms with E-state index >= 15 is 0 Å². The minimum Gasteiger partial charge on any atom is -0.318 e. The summed E-state index contributed by atoms with van der Waals surface area (Å²) < 4.78 is 1.07. The fourth-order valence-electron chi connectivity index (χ4n) is 1.58. The molecule has 0 radical (unpaired) electrons. The lowest BCUT2D eigenvalue weighted by Crippen LogP contribution is -2.51. The van der Waals surface area contributed by atoms with Gasteiger partial charge in [-0.2, -0.15) is 0 Å². The van der Waals surface area contributed by atoms with Gasteiger partial charge < -0.3 is 4.90 Å². The Morgan fingerprint density at radius 1 is 1.53 bits per heavy atom. The topological polar surface area (TPSA) is 49.6 Å². The summed E-state index contributed by atoms with van der Waals surface area (Å²) >= 11 is 5.04. The third-order valence-corrected chi connectivity index (χ3v) is 3.99. The number of halogens is 1. The van der Waals surface area contributed by atoms with Crippen LogP contribution in [0.3, 0.4) is 0 Å². The first-order valence-electron chi connectivity index (χ1n) is 4.71. The molecular formula is C9H12BrN3OS. The molecule has 1 aliphatic rings. The second kappa shape index (κ2) is 4.51. The van der Waals surface area contributed by atoms with Gasteiger partial charge in [-0.15, -0.1) is 11.3 Å². The maximum Gasteiger partial charge on any atom is 0.334 e. The maximum absolute atomic E-state index is 11.7. The van der Waals surface area contributed by atoms with E-state index < -0.39 is 0 Å². The zero-order valence-corrected chi connectivity index (χ0v) is 10.6. The van der Waals surface area contributed by atoms with Crippen LogP contribution in [0.2, 0.25) is 0 Å². The van der Waals surface area contributed by atoms with Gasteiger partial charge in [-0.05, 0) is 28.4 Å². The van der Waals surface area contributed by atoms with Gasteiger partial charge in [0.2, 0.25) is 0 Å². The molecule has 4 nitrogen and oxygen atoms in total. The molecule has 0 atom stereocenters. The summed E-state index contributed by atoms with van der Waals surface area (Å²) in [6.07, 6.45) is 0.939. The van der Waals surface area contributed by atoms with Crippen molar-refractivity contribution in [2.24, 2.45) is 5.84 Å². The van der Waals surface area contributed by atoms with Crippen LogP contribution in [0.5, 0.6) is 0 Å². The highest BCUT2D eigenvalue weighted by atomic mass is 79.9. The van der Waals surface area contributed by atoms with E-state index in [0.717, 1.165) is 17.4 Å². The molecule has 1 saturated heterocycles. The molecule has 0 aromatic carbocycles. The van der Waals surface area contributed by atoms with E-state index in [0.29, 0.717) is 13.1 Å². The van der Waals surface area contributed by atoms with Crippen LogP contribution in [0.1, 0.15) is 11.3 Å². The predicted molar refractivity (Wildman–Crippen MR) is 63.3 cm³/mol. The fourth-order valence-corrected chi connectivity index (χ4v) is 3.04. The first-order chi connectivity index (χ1) is 7.16. The highest BCUT2D eigenvalue weighted by molar-refractivity contribution is 9.10. The van der Waals surface area contributed by atoms with Crippen LogP contribution in [-0.4, -0.2) is 29.0 Å². The molecular weight excluding hydrogens is 278 g/mol. The average molecular weight is 290 g/mol. The van der Waals surface area contributed by atoms with Crippen molar-refractivity contribution in [1.29, 1.82) is 0 Å². The monoisotopic (exact) mass is 289 g/mol. The van der Waals surface area contributed by atoms with Crippen molar-refractivity contribution in [3.63, 3.8) is 0 Å². The molecule has 1 aliphatic heterocycles. The van der Waals surface area contributed by atoms with Gasteiger partial charge in [-0.25, -0.2) is 10.6 Å². The Kier molecular flexibility index (Phi) is 3.28. The van der Waals surface area contributed by atoms with Gasteiger partial charge in [-0.1, -0.05) is 0 Å². The summed E-state index contributed by atoms with van der Waals surface area (Å²) in [5.74, 6) is 5.56. The average Bonchev–Trinajstić information content (AvgIpc) is 2.59. The SMILES string of the molecule is NN1CCCN(Cc2cc(Br)cs2)C1=O. The van der Waals surface area contributed by atoms with E-state index in [1.165, 1.54) is 9.89 Å². The molecule has 0 unspecified atom stereocenters. The number of hydrogen-bond acceptors (Lipinski definition) is 3. The molecule has 0 aliphatic carbocycles. The molecule has 1 fully saturated rings. The second-order valence-electron chi connectivity index (χ2n) is 3.48. The number of hydrazine groups is 1. The van der Waals surface area contributed by atoms with Gasteiger partial charge in [0.1, 0.15) is 0 Å². The van der Waals surface area contributed by atoms with Crippen molar-refractivity contribution < 1.29 is 4.79 Å². The third-order valence-electron chi connectivity index (χ3n) is 2.31. The summed E-state index contributed by atoms with van der Waals surface area (Å²) in [6.45, 7) is 2.11. The molecule has 2 heterocycles. The highest BCUT2D eigenvalue weighted by Crippen LogP contribution is 2.22. The first-order valence-corrected chi connectivity index (χ1v) is 6.38. The maximum atomic E-state index is 11.7. The van der Waals surface area contributed by atoms with Crippen LogP contribution in [0.15, 0.2) is 15.9 Å². The van der Waals surface area contributed by atoms with Gasteiger partial charge in [-0.3, -0.25) is 5.01 Å². The van der Waals surface area contributed by atoms with Gasteiger partial charge >= 0.3 is 6.03 Å². The number of thiophene rings is 1. The number of nitrogens with zero attached hydrogens (tertiary/aromatic N) is 2. The standard InChI is InChI=1S/C9H12BrN3OS/c10-7-4-8(15-6-7)5-12-2-1-3-13(11)9(12)14/h4,6H,1-3,5,11H2.